The molecule has 138 valence electrons. The van der Waals surface area contributed by atoms with Crippen molar-refractivity contribution >= 4 is 21.6 Å². The highest BCUT2D eigenvalue weighted by molar-refractivity contribution is 7.92. The number of ether oxygens (including phenoxy) is 1. The third-order valence-corrected chi connectivity index (χ3v) is 5.44. The molecule has 1 saturated heterocycles. The van der Waals surface area contributed by atoms with Gasteiger partial charge >= 0.3 is 0 Å². The highest BCUT2D eigenvalue weighted by Gasteiger charge is 2.18. The molecule has 0 aliphatic carbocycles. The molecule has 6 nitrogen and oxygen atoms in total. The van der Waals surface area contributed by atoms with Crippen LogP contribution in [0, 0.1) is 5.82 Å². The van der Waals surface area contributed by atoms with Crippen LogP contribution in [0.4, 0.5) is 10.1 Å². The summed E-state index contributed by atoms with van der Waals surface area (Å²) in [6, 6.07) is 11.0. The average molecular weight is 378 g/mol. The largest absolute Gasteiger partial charge is 0.376 e. The van der Waals surface area contributed by atoms with E-state index in [4.69, 9.17) is 4.74 Å². The zero-order chi connectivity index (χ0) is 18.6. The van der Waals surface area contributed by atoms with Crippen molar-refractivity contribution in [1.29, 1.82) is 0 Å². The van der Waals surface area contributed by atoms with Crippen molar-refractivity contribution in [1.82, 2.24) is 5.32 Å². The lowest BCUT2D eigenvalue weighted by Gasteiger charge is -2.11. The Labute approximate surface area is 151 Å². The zero-order valence-electron chi connectivity index (χ0n) is 13.9. The highest BCUT2D eigenvalue weighted by atomic mass is 32.2. The maximum atomic E-state index is 13.6. The van der Waals surface area contributed by atoms with E-state index in [1.165, 1.54) is 48.5 Å². The first-order valence-corrected chi connectivity index (χ1v) is 9.71. The Kier molecular flexibility index (Phi) is 5.53. The molecule has 0 saturated carbocycles. The van der Waals surface area contributed by atoms with Gasteiger partial charge in [0, 0.05) is 18.7 Å². The van der Waals surface area contributed by atoms with Crippen LogP contribution in [0.15, 0.2) is 53.4 Å². The molecular formula is C18H19FN2O4S. The zero-order valence-corrected chi connectivity index (χ0v) is 14.8. The molecule has 0 bridgehead atoms. The molecule has 0 unspecified atom stereocenters. The van der Waals surface area contributed by atoms with Crippen LogP contribution in [0.3, 0.4) is 0 Å². The van der Waals surface area contributed by atoms with Gasteiger partial charge in [-0.2, -0.15) is 0 Å². The maximum Gasteiger partial charge on any atom is 0.261 e. The van der Waals surface area contributed by atoms with Crippen LogP contribution in [0.5, 0.6) is 0 Å². The van der Waals surface area contributed by atoms with Crippen molar-refractivity contribution < 1.29 is 22.3 Å². The first-order valence-electron chi connectivity index (χ1n) is 8.23. The summed E-state index contributed by atoms with van der Waals surface area (Å²) >= 11 is 0. The Balaban J connectivity index is 1.66. The molecule has 1 atom stereocenters. The van der Waals surface area contributed by atoms with Crippen molar-refractivity contribution in [2.24, 2.45) is 0 Å². The summed E-state index contributed by atoms with van der Waals surface area (Å²) in [6.45, 7) is 1.13. The molecule has 2 N–H and O–H groups in total. The third kappa shape index (κ3) is 4.39. The summed E-state index contributed by atoms with van der Waals surface area (Å²) in [6.07, 6.45) is 1.94. The number of carbonyl (C=O) groups is 1. The molecule has 3 rings (SSSR count). The smallest absolute Gasteiger partial charge is 0.261 e. The Hall–Kier alpha value is -2.45. The molecule has 0 radical (unpaired) electrons. The second kappa shape index (κ2) is 7.84. The van der Waals surface area contributed by atoms with Gasteiger partial charge in [0.1, 0.15) is 5.82 Å². The maximum absolute atomic E-state index is 13.6. The summed E-state index contributed by atoms with van der Waals surface area (Å²) < 4.78 is 45.9. The number of amides is 1. The highest BCUT2D eigenvalue weighted by Crippen LogP contribution is 2.19. The van der Waals surface area contributed by atoms with E-state index < -0.39 is 15.8 Å². The number of halogens is 1. The molecule has 1 aliphatic rings. The number of para-hydroxylation sites is 1. The Bertz CT molecular complexity index is 878. The molecule has 1 amide bonds. The minimum atomic E-state index is -3.95. The van der Waals surface area contributed by atoms with Crippen molar-refractivity contribution in [2.75, 3.05) is 17.9 Å². The number of hydrogen-bond donors (Lipinski definition) is 2. The summed E-state index contributed by atoms with van der Waals surface area (Å²) in [5.74, 6) is -0.965. The molecule has 1 heterocycles. The predicted molar refractivity (Wildman–Crippen MR) is 95.0 cm³/mol. The lowest BCUT2D eigenvalue weighted by Crippen LogP contribution is -2.31. The molecule has 2 aromatic rings. The van der Waals surface area contributed by atoms with E-state index in [9.17, 15) is 17.6 Å². The summed E-state index contributed by atoms with van der Waals surface area (Å²) in [5, 5.41) is 2.77. The molecule has 1 aliphatic heterocycles. The topological polar surface area (TPSA) is 84.5 Å². The molecule has 26 heavy (non-hydrogen) atoms. The lowest BCUT2D eigenvalue weighted by atomic mass is 10.2. The standard InChI is InChI=1S/C18H19FN2O4S/c19-16-5-1-2-6-17(16)21-26(23,24)15-9-7-13(8-10-15)18(22)20-12-14-4-3-11-25-14/h1-2,5-10,14,21H,3-4,11-12H2,(H,20,22)/t14-/m0/s1. The van der Waals surface area contributed by atoms with Gasteiger partial charge in [0.25, 0.3) is 15.9 Å². The number of rotatable bonds is 6. The second-order valence-corrected chi connectivity index (χ2v) is 7.64. The average Bonchev–Trinajstić information content (AvgIpc) is 3.15. The van der Waals surface area contributed by atoms with Crippen LogP contribution >= 0.6 is 0 Å². The van der Waals surface area contributed by atoms with E-state index in [0.29, 0.717) is 18.7 Å². The van der Waals surface area contributed by atoms with Gasteiger partial charge in [-0.1, -0.05) is 12.1 Å². The van der Waals surface area contributed by atoms with Crippen LogP contribution in [0.1, 0.15) is 23.2 Å². The normalized spacial score (nSPS) is 17.0. The quantitative estimate of drug-likeness (QED) is 0.809. The fourth-order valence-corrected chi connectivity index (χ4v) is 3.71. The Morgan fingerprint density at radius 3 is 2.54 bits per heavy atom. The van der Waals surface area contributed by atoms with Crippen molar-refractivity contribution in [3.05, 3.63) is 59.9 Å². The van der Waals surface area contributed by atoms with Gasteiger partial charge in [0.2, 0.25) is 0 Å². The number of sulfonamides is 1. The SMILES string of the molecule is O=C(NC[C@@H]1CCCO1)c1ccc(S(=O)(=O)Nc2ccccc2F)cc1. The Morgan fingerprint density at radius 2 is 1.88 bits per heavy atom. The van der Waals surface area contributed by atoms with Crippen LogP contribution in [-0.4, -0.2) is 33.6 Å². The van der Waals surface area contributed by atoms with E-state index in [1.54, 1.807) is 0 Å². The number of benzene rings is 2. The minimum absolute atomic E-state index is 0.0311. The third-order valence-electron chi connectivity index (χ3n) is 4.06. The fourth-order valence-electron chi connectivity index (χ4n) is 2.65. The van der Waals surface area contributed by atoms with Gasteiger partial charge in [0.15, 0.2) is 0 Å². The number of hydrogen-bond acceptors (Lipinski definition) is 4. The predicted octanol–water partition coefficient (Wildman–Crippen LogP) is 2.54. The van der Waals surface area contributed by atoms with Gasteiger partial charge in [-0.3, -0.25) is 9.52 Å². The van der Waals surface area contributed by atoms with E-state index in [1.807, 2.05) is 0 Å². The van der Waals surface area contributed by atoms with Crippen LogP contribution < -0.4 is 10.0 Å². The van der Waals surface area contributed by atoms with E-state index >= 15 is 0 Å². The second-order valence-electron chi connectivity index (χ2n) is 5.95. The number of carbonyl (C=O) groups excluding carboxylic acids is 1. The van der Waals surface area contributed by atoms with Crippen LogP contribution in [0.25, 0.3) is 0 Å². The van der Waals surface area contributed by atoms with Gasteiger partial charge < -0.3 is 10.1 Å². The number of nitrogens with one attached hydrogen (secondary N) is 2. The summed E-state index contributed by atoms with van der Waals surface area (Å²) in [4.78, 5) is 12.1. The lowest BCUT2D eigenvalue weighted by molar-refractivity contribution is 0.0857. The summed E-state index contributed by atoms with van der Waals surface area (Å²) in [5.41, 5.74) is 0.207. The first kappa shape index (κ1) is 18.3. The monoisotopic (exact) mass is 378 g/mol. The molecular weight excluding hydrogens is 359 g/mol. The van der Waals surface area contributed by atoms with Crippen LogP contribution in [-0.2, 0) is 14.8 Å². The van der Waals surface area contributed by atoms with Crippen molar-refractivity contribution in [3.8, 4) is 0 Å². The fraction of sp³-hybridized carbons (Fsp3) is 0.278. The molecule has 8 heteroatoms. The molecule has 0 spiro atoms. The van der Waals surface area contributed by atoms with Crippen LogP contribution in [0.2, 0.25) is 0 Å². The van der Waals surface area contributed by atoms with E-state index in [2.05, 4.69) is 10.0 Å². The van der Waals surface area contributed by atoms with Crippen molar-refractivity contribution in [3.63, 3.8) is 0 Å². The minimum Gasteiger partial charge on any atom is -0.376 e. The van der Waals surface area contributed by atoms with Gasteiger partial charge in [-0.05, 0) is 49.2 Å². The molecule has 1 fully saturated rings. The van der Waals surface area contributed by atoms with Gasteiger partial charge in [0.05, 0.1) is 16.7 Å². The van der Waals surface area contributed by atoms with Crippen molar-refractivity contribution in [2.45, 2.75) is 23.8 Å². The number of anilines is 1. The van der Waals surface area contributed by atoms with Gasteiger partial charge in [-0.25, -0.2) is 12.8 Å². The first-order chi connectivity index (χ1) is 12.5. The van der Waals surface area contributed by atoms with Gasteiger partial charge in [-0.15, -0.1) is 0 Å². The molecule has 0 aromatic heterocycles. The molecule has 2 aromatic carbocycles. The van der Waals surface area contributed by atoms with E-state index in [-0.39, 0.29) is 22.6 Å². The van der Waals surface area contributed by atoms with E-state index in [0.717, 1.165) is 12.8 Å². The summed E-state index contributed by atoms with van der Waals surface area (Å²) in [7, 11) is -3.95. The Morgan fingerprint density at radius 1 is 1.15 bits per heavy atom.